The van der Waals surface area contributed by atoms with Crippen molar-refractivity contribution in [3.8, 4) is 5.75 Å². The van der Waals surface area contributed by atoms with Crippen molar-refractivity contribution in [3.05, 3.63) is 42.0 Å². The molecule has 9 nitrogen and oxygen atoms in total. The lowest BCUT2D eigenvalue weighted by molar-refractivity contribution is -0.149. The minimum absolute atomic E-state index is 0.0920. The molecule has 1 heterocycles. The molecule has 158 valence electrons. The Morgan fingerprint density at radius 2 is 1.70 bits per heavy atom. The SMILES string of the molecule is COc1ccccc1C(=O)NC(=O)COC(=O)CCN1C(=O)[C@H]2CC=CC[C@H]2C1=O. The molecule has 2 aliphatic rings. The van der Waals surface area contributed by atoms with Gasteiger partial charge >= 0.3 is 5.97 Å². The molecule has 4 amide bonds. The van der Waals surface area contributed by atoms with E-state index < -0.39 is 24.4 Å². The lowest BCUT2D eigenvalue weighted by Gasteiger charge is -2.14. The minimum atomic E-state index is -0.801. The van der Waals surface area contributed by atoms with Crippen LogP contribution in [-0.2, 0) is 23.9 Å². The first-order chi connectivity index (χ1) is 14.4. The number of likely N-dealkylation sites (tertiary alicyclic amines) is 1. The summed E-state index contributed by atoms with van der Waals surface area (Å²) in [5.41, 5.74) is 0.168. The van der Waals surface area contributed by atoms with Crippen LogP contribution in [-0.4, -0.2) is 54.8 Å². The molecule has 1 fully saturated rings. The Hall–Kier alpha value is -3.49. The van der Waals surface area contributed by atoms with Gasteiger partial charge in [0.15, 0.2) is 6.61 Å². The highest BCUT2D eigenvalue weighted by Gasteiger charge is 2.46. The number of fused-ring (bicyclic) bond motifs is 1. The summed E-state index contributed by atoms with van der Waals surface area (Å²) in [6, 6.07) is 6.37. The Balaban J connectivity index is 1.43. The number of esters is 1. The number of carbonyl (C=O) groups is 5. The summed E-state index contributed by atoms with van der Waals surface area (Å²) >= 11 is 0. The van der Waals surface area contributed by atoms with Crippen LogP contribution in [0.3, 0.4) is 0 Å². The van der Waals surface area contributed by atoms with Crippen LogP contribution in [0.25, 0.3) is 0 Å². The molecule has 0 spiro atoms. The van der Waals surface area contributed by atoms with Gasteiger partial charge in [-0.3, -0.25) is 34.2 Å². The number of carbonyl (C=O) groups excluding carboxylic acids is 5. The summed E-state index contributed by atoms with van der Waals surface area (Å²) in [4.78, 5) is 61.7. The van der Waals surface area contributed by atoms with E-state index in [-0.39, 0.29) is 42.2 Å². The number of amides is 4. The molecule has 0 aromatic heterocycles. The van der Waals surface area contributed by atoms with E-state index in [4.69, 9.17) is 9.47 Å². The third kappa shape index (κ3) is 4.56. The molecule has 0 bridgehead atoms. The van der Waals surface area contributed by atoms with E-state index in [1.807, 2.05) is 12.2 Å². The fourth-order valence-electron chi connectivity index (χ4n) is 3.57. The predicted molar refractivity (Wildman–Crippen MR) is 103 cm³/mol. The molecule has 2 atom stereocenters. The number of hydrogen-bond donors (Lipinski definition) is 1. The Morgan fingerprint density at radius 1 is 1.07 bits per heavy atom. The van der Waals surface area contributed by atoms with E-state index in [2.05, 4.69) is 5.32 Å². The Morgan fingerprint density at radius 3 is 2.33 bits per heavy atom. The first kappa shape index (κ1) is 21.2. The third-order valence-electron chi connectivity index (χ3n) is 5.11. The molecule has 9 heteroatoms. The molecule has 30 heavy (non-hydrogen) atoms. The van der Waals surface area contributed by atoms with Gasteiger partial charge in [-0.2, -0.15) is 0 Å². The number of para-hydroxylation sites is 1. The number of imide groups is 2. The van der Waals surface area contributed by atoms with Crippen molar-refractivity contribution in [2.75, 3.05) is 20.3 Å². The molecule has 1 aromatic rings. The van der Waals surface area contributed by atoms with Crippen LogP contribution in [0, 0.1) is 11.8 Å². The zero-order chi connectivity index (χ0) is 21.7. The van der Waals surface area contributed by atoms with Crippen LogP contribution in [0.5, 0.6) is 5.75 Å². The summed E-state index contributed by atoms with van der Waals surface area (Å²) in [7, 11) is 1.40. The van der Waals surface area contributed by atoms with Crippen molar-refractivity contribution in [1.82, 2.24) is 10.2 Å². The van der Waals surface area contributed by atoms with Gasteiger partial charge in [-0.1, -0.05) is 24.3 Å². The zero-order valence-corrected chi connectivity index (χ0v) is 16.5. The average molecular weight is 414 g/mol. The molecule has 1 aromatic carbocycles. The van der Waals surface area contributed by atoms with Gasteiger partial charge in [0.25, 0.3) is 11.8 Å². The summed E-state index contributed by atoms with van der Waals surface area (Å²) in [5.74, 6) is -3.19. The van der Waals surface area contributed by atoms with Gasteiger partial charge in [-0.05, 0) is 25.0 Å². The first-order valence-corrected chi connectivity index (χ1v) is 9.55. The van der Waals surface area contributed by atoms with E-state index in [1.54, 1.807) is 18.2 Å². The van der Waals surface area contributed by atoms with Gasteiger partial charge in [-0.25, -0.2) is 0 Å². The van der Waals surface area contributed by atoms with Crippen LogP contribution in [0.2, 0.25) is 0 Å². The van der Waals surface area contributed by atoms with Crippen molar-refractivity contribution < 1.29 is 33.4 Å². The molecule has 0 unspecified atom stereocenters. The average Bonchev–Trinajstić information content (AvgIpc) is 3.00. The molecule has 1 saturated heterocycles. The first-order valence-electron chi connectivity index (χ1n) is 9.55. The quantitative estimate of drug-likeness (QED) is 0.399. The molecule has 0 saturated carbocycles. The van der Waals surface area contributed by atoms with Crippen LogP contribution >= 0.6 is 0 Å². The van der Waals surface area contributed by atoms with Crippen molar-refractivity contribution >= 4 is 29.6 Å². The smallest absolute Gasteiger partial charge is 0.308 e. The highest BCUT2D eigenvalue weighted by Crippen LogP contribution is 2.35. The van der Waals surface area contributed by atoms with E-state index >= 15 is 0 Å². The highest BCUT2D eigenvalue weighted by molar-refractivity contribution is 6.07. The summed E-state index contributed by atoms with van der Waals surface area (Å²) in [6.07, 6.45) is 4.59. The standard InChI is InChI=1S/C21H22N2O7/c1-29-16-9-5-4-8-15(16)19(26)22-17(24)12-30-18(25)10-11-23-20(27)13-6-2-3-7-14(13)21(23)28/h2-5,8-9,13-14H,6-7,10-12H2,1H3,(H,22,24,26)/t13-,14+. The second-order valence-corrected chi connectivity index (χ2v) is 6.97. The van der Waals surface area contributed by atoms with Gasteiger partial charge in [0.1, 0.15) is 5.75 Å². The molecular weight excluding hydrogens is 392 g/mol. The van der Waals surface area contributed by atoms with Gasteiger partial charge in [0.05, 0.1) is 30.9 Å². The lowest BCUT2D eigenvalue weighted by atomic mass is 9.85. The second kappa shape index (κ2) is 9.34. The second-order valence-electron chi connectivity index (χ2n) is 6.97. The number of rotatable bonds is 7. The van der Waals surface area contributed by atoms with E-state index in [1.165, 1.54) is 13.2 Å². The van der Waals surface area contributed by atoms with E-state index in [0.717, 1.165) is 4.90 Å². The molecule has 1 aliphatic heterocycles. The third-order valence-corrected chi connectivity index (χ3v) is 5.11. The van der Waals surface area contributed by atoms with Crippen molar-refractivity contribution in [1.29, 1.82) is 0 Å². The fraction of sp³-hybridized carbons (Fsp3) is 0.381. The monoisotopic (exact) mass is 414 g/mol. The number of nitrogens with zero attached hydrogens (tertiary/aromatic N) is 1. The zero-order valence-electron chi connectivity index (χ0n) is 16.5. The minimum Gasteiger partial charge on any atom is -0.496 e. The van der Waals surface area contributed by atoms with Crippen LogP contribution in [0.4, 0.5) is 0 Å². The van der Waals surface area contributed by atoms with E-state index in [0.29, 0.717) is 18.6 Å². The van der Waals surface area contributed by atoms with Crippen LogP contribution < -0.4 is 10.1 Å². The molecule has 1 N–H and O–H groups in total. The maximum Gasteiger partial charge on any atom is 0.308 e. The van der Waals surface area contributed by atoms with Crippen molar-refractivity contribution in [2.45, 2.75) is 19.3 Å². The normalized spacial score (nSPS) is 20.0. The summed E-state index contributed by atoms with van der Waals surface area (Å²) < 4.78 is 9.91. The number of ether oxygens (including phenoxy) is 2. The number of hydrogen-bond acceptors (Lipinski definition) is 7. The van der Waals surface area contributed by atoms with Gasteiger partial charge in [-0.15, -0.1) is 0 Å². The van der Waals surface area contributed by atoms with Gasteiger partial charge < -0.3 is 9.47 Å². The predicted octanol–water partition coefficient (Wildman–Crippen LogP) is 0.836. The number of benzene rings is 1. The maximum atomic E-state index is 12.3. The van der Waals surface area contributed by atoms with Gasteiger partial charge in [0.2, 0.25) is 11.8 Å². The van der Waals surface area contributed by atoms with E-state index in [9.17, 15) is 24.0 Å². The Kier molecular flexibility index (Phi) is 6.61. The summed E-state index contributed by atoms with van der Waals surface area (Å²) in [5, 5.41) is 2.11. The van der Waals surface area contributed by atoms with Crippen LogP contribution in [0.15, 0.2) is 36.4 Å². The molecule has 3 rings (SSSR count). The largest absolute Gasteiger partial charge is 0.496 e. The Bertz CT molecular complexity index is 882. The molecular formula is C21H22N2O7. The van der Waals surface area contributed by atoms with Crippen molar-refractivity contribution in [2.24, 2.45) is 11.8 Å². The number of nitrogens with one attached hydrogen (secondary N) is 1. The highest BCUT2D eigenvalue weighted by atomic mass is 16.5. The van der Waals surface area contributed by atoms with Crippen molar-refractivity contribution in [3.63, 3.8) is 0 Å². The molecule has 1 aliphatic carbocycles. The topological polar surface area (TPSA) is 119 Å². The maximum absolute atomic E-state index is 12.3. The number of methoxy groups -OCH3 is 1. The van der Waals surface area contributed by atoms with Crippen LogP contribution in [0.1, 0.15) is 29.6 Å². The fourth-order valence-corrected chi connectivity index (χ4v) is 3.57. The lowest BCUT2D eigenvalue weighted by Crippen LogP contribution is -2.35. The number of allylic oxidation sites excluding steroid dienone is 2. The summed E-state index contributed by atoms with van der Waals surface area (Å²) in [6.45, 7) is -0.748. The molecule has 0 radical (unpaired) electrons. The van der Waals surface area contributed by atoms with Gasteiger partial charge in [0, 0.05) is 6.54 Å². The Labute approximate surface area is 173 Å².